The van der Waals surface area contributed by atoms with E-state index in [1.807, 2.05) is 27.7 Å². The van der Waals surface area contributed by atoms with Gasteiger partial charge in [-0.25, -0.2) is 0 Å². The summed E-state index contributed by atoms with van der Waals surface area (Å²) in [6.45, 7) is 8.58. The fourth-order valence-corrected chi connectivity index (χ4v) is 0.808. The van der Waals surface area contributed by atoms with Crippen molar-refractivity contribution in [2.75, 3.05) is 6.54 Å². The number of amides is 1. The molecular formula is C8H18N2O. The molecule has 2 N–H and O–H groups in total. The van der Waals surface area contributed by atoms with Crippen LogP contribution in [-0.4, -0.2) is 24.5 Å². The number of nitrogens with one attached hydrogen (secondary N) is 2. The number of hydrogen-bond donors (Lipinski definition) is 2. The van der Waals surface area contributed by atoms with Gasteiger partial charge in [-0.2, -0.15) is 0 Å². The lowest BCUT2D eigenvalue weighted by molar-refractivity contribution is -0.123. The van der Waals surface area contributed by atoms with Crippen LogP contribution in [-0.2, 0) is 4.79 Å². The van der Waals surface area contributed by atoms with Gasteiger partial charge in [0.1, 0.15) is 0 Å². The van der Waals surface area contributed by atoms with Gasteiger partial charge in [0, 0.05) is 6.04 Å². The van der Waals surface area contributed by atoms with Gasteiger partial charge in [-0.15, -0.1) is 0 Å². The summed E-state index contributed by atoms with van der Waals surface area (Å²) in [5, 5.41) is 5.86. The zero-order valence-electron chi connectivity index (χ0n) is 7.77. The first-order valence-electron chi connectivity index (χ1n) is 4.11. The van der Waals surface area contributed by atoms with Crippen molar-refractivity contribution >= 4 is 5.91 Å². The van der Waals surface area contributed by atoms with E-state index in [0.29, 0.717) is 0 Å². The largest absolute Gasteiger partial charge is 0.353 e. The molecule has 0 saturated heterocycles. The molecule has 1 atom stereocenters. The average Bonchev–Trinajstić information content (AvgIpc) is 1.86. The summed E-state index contributed by atoms with van der Waals surface area (Å²) in [4.78, 5) is 11.2. The molecule has 0 unspecified atom stereocenters. The topological polar surface area (TPSA) is 41.1 Å². The van der Waals surface area contributed by atoms with Gasteiger partial charge in [-0.3, -0.25) is 4.79 Å². The molecule has 0 bridgehead atoms. The van der Waals surface area contributed by atoms with Crippen LogP contribution in [0.4, 0.5) is 0 Å². The molecular weight excluding hydrogens is 140 g/mol. The van der Waals surface area contributed by atoms with Crippen molar-refractivity contribution in [2.45, 2.75) is 39.8 Å². The van der Waals surface area contributed by atoms with Crippen molar-refractivity contribution in [3.8, 4) is 0 Å². The van der Waals surface area contributed by atoms with E-state index in [4.69, 9.17) is 0 Å². The Bertz CT molecular complexity index is 123. The van der Waals surface area contributed by atoms with Crippen LogP contribution in [0.3, 0.4) is 0 Å². The zero-order chi connectivity index (χ0) is 8.85. The van der Waals surface area contributed by atoms with Gasteiger partial charge < -0.3 is 10.6 Å². The molecule has 3 heteroatoms. The Labute approximate surface area is 68.6 Å². The molecule has 0 rings (SSSR count). The lowest BCUT2D eigenvalue weighted by Gasteiger charge is -2.14. The SMILES string of the molecule is CCN[C@@H](C)C(=O)NC(C)C. The summed E-state index contributed by atoms with van der Waals surface area (Å²) in [6, 6.07) is 0.144. The van der Waals surface area contributed by atoms with E-state index in [1.54, 1.807) is 0 Å². The van der Waals surface area contributed by atoms with Crippen LogP contribution < -0.4 is 10.6 Å². The number of likely N-dealkylation sites (N-methyl/N-ethyl adjacent to an activating group) is 1. The molecule has 0 saturated carbocycles. The van der Waals surface area contributed by atoms with Crippen LogP contribution in [0.1, 0.15) is 27.7 Å². The second-order valence-corrected chi connectivity index (χ2v) is 2.94. The molecule has 0 radical (unpaired) electrons. The Morgan fingerprint density at radius 1 is 1.36 bits per heavy atom. The van der Waals surface area contributed by atoms with E-state index in [2.05, 4.69) is 10.6 Å². The number of carbonyl (C=O) groups excluding carboxylic acids is 1. The standard InChI is InChI=1S/C8H18N2O/c1-5-9-7(4)8(11)10-6(2)3/h6-7,9H,5H2,1-4H3,(H,10,11)/t7-/m0/s1. The highest BCUT2D eigenvalue weighted by molar-refractivity contribution is 5.81. The monoisotopic (exact) mass is 158 g/mol. The third kappa shape index (κ3) is 4.79. The van der Waals surface area contributed by atoms with Crippen LogP contribution in [0, 0.1) is 0 Å². The number of carbonyl (C=O) groups is 1. The van der Waals surface area contributed by atoms with Gasteiger partial charge in [-0.05, 0) is 27.3 Å². The van der Waals surface area contributed by atoms with Crippen LogP contribution in [0.15, 0.2) is 0 Å². The normalized spacial score (nSPS) is 13.2. The summed E-state index contributed by atoms with van der Waals surface area (Å²) >= 11 is 0. The first-order chi connectivity index (χ1) is 5.07. The summed E-state index contributed by atoms with van der Waals surface area (Å²) in [5.74, 6) is 0.0712. The van der Waals surface area contributed by atoms with Crippen LogP contribution in [0.25, 0.3) is 0 Å². The molecule has 0 aliphatic heterocycles. The first-order valence-corrected chi connectivity index (χ1v) is 4.11. The fourth-order valence-electron chi connectivity index (χ4n) is 0.808. The predicted octanol–water partition coefficient (Wildman–Crippen LogP) is 0.509. The van der Waals surface area contributed by atoms with Crippen molar-refractivity contribution in [2.24, 2.45) is 0 Å². The third-order valence-electron chi connectivity index (χ3n) is 1.33. The average molecular weight is 158 g/mol. The Balaban J connectivity index is 3.64. The Hall–Kier alpha value is -0.570. The van der Waals surface area contributed by atoms with E-state index in [9.17, 15) is 4.79 Å². The highest BCUT2D eigenvalue weighted by Gasteiger charge is 2.10. The Morgan fingerprint density at radius 3 is 2.27 bits per heavy atom. The molecule has 3 nitrogen and oxygen atoms in total. The second-order valence-electron chi connectivity index (χ2n) is 2.94. The fraction of sp³-hybridized carbons (Fsp3) is 0.875. The molecule has 0 aromatic rings. The van der Waals surface area contributed by atoms with Crippen molar-refractivity contribution in [1.82, 2.24) is 10.6 Å². The van der Waals surface area contributed by atoms with E-state index >= 15 is 0 Å². The summed E-state index contributed by atoms with van der Waals surface area (Å²) in [6.07, 6.45) is 0. The van der Waals surface area contributed by atoms with Gasteiger partial charge in [0.15, 0.2) is 0 Å². The maximum atomic E-state index is 11.2. The molecule has 0 aliphatic carbocycles. The molecule has 0 spiro atoms. The van der Waals surface area contributed by atoms with E-state index in [0.717, 1.165) is 6.54 Å². The lowest BCUT2D eigenvalue weighted by atomic mass is 10.3. The molecule has 1 amide bonds. The predicted molar refractivity (Wildman–Crippen MR) is 46.4 cm³/mol. The highest BCUT2D eigenvalue weighted by atomic mass is 16.2. The third-order valence-corrected chi connectivity index (χ3v) is 1.33. The molecule has 0 aromatic heterocycles. The van der Waals surface area contributed by atoms with Crippen molar-refractivity contribution in [3.63, 3.8) is 0 Å². The summed E-state index contributed by atoms with van der Waals surface area (Å²) in [7, 11) is 0. The molecule has 0 aromatic carbocycles. The minimum atomic E-state index is -0.0811. The van der Waals surface area contributed by atoms with Crippen LogP contribution in [0.2, 0.25) is 0 Å². The molecule has 0 heterocycles. The lowest BCUT2D eigenvalue weighted by Crippen LogP contribution is -2.44. The number of hydrogen-bond acceptors (Lipinski definition) is 2. The maximum absolute atomic E-state index is 11.2. The number of rotatable bonds is 4. The van der Waals surface area contributed by atoms with Crippen molar-refractivity contribution in [3.05, 3.63) is 0 Å². The van der Waals surface area contributed by atoms with Crippen molar-refractivity contribution in [1.29, 1.82) is 0 Å². The van der Waals surface area contributed by atoms with Gasteiger partial charge in [0.05, 0.1) is 6.04 Å². The van der Waals surface area contributed by atoms with Gasteiger partial charge >= 0.3 is 0 Å². The Morgan fingerprint density at radius 2 is 1.91 bits per heavy atom. The minimum absolute atomic E-state index is 0.0712. The Kier molecular flexibility index (Phi) is 4.86. The van der Waals surface area contributed by atoms with Crippen LogP contribution >= 0.6 is 0 Å². The van der Waals surface area contributed by atoms with E-state index in [1.165, 1.54) is 0 Å². The zero-order valence-corrected chi connectivity index (χ0v) is 7.77. The van der Waals surface area contributed by atoms with Gasteiger partial charge in [0.25, 0.3) is 0 Å². The van der Waals surface area contributed by atoms with Gasteiger partial charge in [0.2, 0.25) is 5.91 Å². The minimum Gasteiger partial charge on any atom is -0.353 e. The first kappa shape index (κ1) is 10.4. The van der Waals surface area contributed by atoms with Crippen molar-refractivity contribution < 1.29 is 4.79 Å². The maximum Gasteiger partial charge on any atom is 0.237 e. The second kappa shape index (κ2) is 5.13. The molecule has 11 heavy (non-hydrogen) atoms. The molecule has 66 valence electrons. The summed E-state index contributed by atoms with van der Waals surface area (Å²) < 4.78 is 0. The summed E-state index contributed by atoms with van der Waals surface area (Å²) in [5.41, 5.74) is 0. The van der Waals surface area contributed by atoms with Crippen LogP contribution in [0.5, 0.6) is 0 Å². The molecule has 0 fully saturated rings. The van der Waals surface area contributed by atoms with E-state index in [-0.39, 0.29) is 18.0 Å². The highest BCUT2D eigenvalue weighted by Crippen LogP contribution is 1.83. The molecule has 0 aliphatic rings. The van der Waals surface area contributed by atoms with Gasteiger partial charge in [-0.1, -0.05) is 6.92 Å². The van der Waals surface area contributed by atoms with E-state index < -0.39 is 0 Å². The quantitative estimate of drug-likeness (QED) is 0.626. The smallest absolute Gasteiger partial charge is 0.237 e.